The summed E-state index contributed by atoms with van der Waals surface area (Å²) in [6.07, 6.45) is -0.409. The molecule has 0 saturated heterocycles. The van der Waals surface area contributed by atoms with Crippen molar-refractivity contribution in [2.75, 3.05) is 32.4 Å². The number of para-hydroxylation sites is 1. The molecule has 1 amide bonds. The number of rotatable bonds is 11. The number of amides is 1. The number of nitrogens with zero attached hydrogens (tertiary/aromatic N) is 3. The molecule has 0 radical (unpaired) electrons. The largest absolute Gasteiger partial charge is 0.497 e. The van der Waals surface area contributed by atoms with Gasteiger partial charge in [0.15, 0.2) is 17.1 Å². The van der Waals surface area contributed by atoms with Crippen molar-refractivity contribution in [3.05, 3.63) is 78.6 Å². The lowest BCUT2D eigenvalue weighted by atomic mass is 10.2. The Labute approximate surface area is 219 Å². The number of ether oxygens (including phenoxy) is 4. The molecule has 0 bridgehead atoms. The van der Waals surface area contributed by atoms with Crippen LogP contribution in [0.1, 0.15) is 18.9 Å². The molecular weight excluding hydrogens is 492 g/mol. The lowest BCUT2D eigenvalue weighted by Gasteiger charge is -2.17. The number of carbonyl (C=O) groups excluding carboxylic acids is 1. The maximum absolute atomic E-state index is 12.8. The molecule has 1 atom stereocenters. The first-order valence-corrected chi connectivity index (χ1v) is 12.5. The van der Waals surface area contributed by atoms with Crippen LogP contribution in [0, 0.1) is 0 Å². The smallest absolute Gasteiger partial charge is 0.234 e. The summed E-state index contributed by atoms with van der Waals surface area (Å²) in [5.41, 5.74) is 1.42. The lowest BCUT2D eigenvalue weighted by molar-refractivity contribution is -0.113. The van der Waals surface area contributed by atoms with E-state index in [0.717, 1.165) is 11.4 Å². The first-order valence-electron chi connectivity index (χ1n) is 11.5. The molecular formula is C27H28N4O5S. The second-order valence-electron chi connectivity index (χ2n) is 7.85. The van der Waals surface area contributed by atoms with E-state index in [9.17, 15) is 4.79 Å². The van der Waals surface area contributed by atoms with Crippen molar-refractivity contribution in [2.24, 2.45) is 0 Å². The van der Waals surface area contributed by atoms with Crippen LogP contribution in [0.5, 0.6) is 23.0 Å². The first kappa shape index (κ1) is 25.9. The zero-order chi connectivity index (χ0) is 26.2. The third kappa shape index (κ3) is 6.34. The lowest BCUT2D eigenvalue weighted by Crippen LogP contribution is -2.16. The van der Waals surface area contributed by atoms with Crippen LogP contribution in [0.25, 0.3) is 5.69 Å². The van der Waals surface area contributed by atoms with Crippen molar-refractivity contribution in [3.63, 3.8) is 0 Å². The van der Waals surface area contributed by atoms with E-state index in [-0.39, 0.29) is 11.7 Å². The number of nitrogens with one attached hydrogen (secondary N) is 1. The van der Waals surface area contributed by atoms with Crippen molar-refractivity contribution in [1.29, 1.82) is 0 Å². The van der Waals surface area contributed by atoms with Gasteiger partial charge in [-0.15, -0.1) is 10.2 Å². The third-order valence-corrected chi connectivity index (χ3v) is 6.35. The zero-order valence-electron chi connectivity index (χ0n) is 21.0. The highest BCUT2D eigenvalue weighted by Gasteiger charge is 2.22. The highest BCUT2D eigenvalue weighted by molar-refractivity contribution is 7.99. The van der Waals surface area contributed by atoms with Crippen LogP contribution in [0.2, 0.25) is 0 Å². The van der Waals surface area contributed by atoms with E-state index in [0.29, 0.717) is 33.9 Å². The highest BCUT2D eigenvalue weighted by atomic mass is 32.2. The monoisotopic (exact) mass is 520 g/mol. The van der Waals surface area contributed by atoms with Crippen LogP contribution >= 0.6 is 11.8 Å². The Balaban J connectivity index is 1.51. The Morgan fingerprint density at radius 3 is 2.24 bits per heavy atom. The van der Waals surface area contributed by atoms with Crippen LogP contribution in [0.15, 0.2) is 78.0 Å². The summed E-state index contributed by atoms with van der Waals surface area (Å²) < 4.78 is 23.8. The molecule has 1 aromatic heterocycles. The van der Waals surface area contributed by atoms with Gasteiger partial charge in [-0.05, 0) is 55.5 Å². The van der Waals surface area contributed by atoms with Gasteiger partial charge in [0.25, 0.3) is 0 Å². The van der Waals surface area contributed by atoms with Crippen LogP contribution in [-0.2, 0) is 4.79 Å². The molecule has 192 valence electrons. The van der Waals surface area contributed by atoms with Gasteiger partial charge >= 0.3 is 0 Å². The SMILES string of the molecule is COc1ccc(OC(C)c2nnc(SCC(=O)Nc3ccc(OC)cc3OC)n2-c2ccccc2)cc1. The molecule has 0 aliphatic heterocycles. The molecule has 0 aliphatic carbocycles. The fourth-order valence-electron chi connectivity index (χ4n) is 3.59. The van der Waals surface area contributed by atoms with Crippen molar-refractivity contribution in [1.82, 2.24) is 14.8 Å². The van der Waals surface area contributed by atoms with Gasteiger partial charge in [0.1, 0.15) is 23.0 Å². The third-order valence-electron chi connectivity index (χ3n) is 5.42. The fourth-order valence-corrected chi connectivity index (χ4v) is 4.35. The number of hydrogen-bond donors (Lipinski definition) is 1. The second-order valence-corrected chi connectivity index (χ2v) is 8.79. The summed E-state index contributed by atoms with van der Waals surface area (Å²) in [6, 6.07) is 22.3. The average molecular weight is 521 g/mol. The maximum atomic E-state index is 12.8. The van der Waals surface area contributed by atoms with Crippen molar-refractivity contribution in [2.45, 2.75) is 18.2 Å². The Morgan fingerprint density at radius 2 is 1.57 bits per heavy atom. The predicted octanol–water partition coefficient (Wildman–Crippen LogP) is 5.16. The molecule has 9 nitrogen and oxygen atoms in total. The van der Waals surface area contributed by atoms with Crippen LogP contribution < -0.4 is 24.3 Å². The van der Waals surface area contributed by atoms with E-state index in [1.165, 1.54) is 18.9 Å². The van der Waals surface area contributed by atoms with Crippen molar-refractivity contribution >= 4 is 23.4 Å². The maximum Gasteiger partial charge on any atom is 0.234 e. The van der Waals surface area contributed by atoms with E-state index >= 15 is 0 Å². The predicted molar refractivity (Wildman–Crippen MR) is 142 cm³/mol. The Kier molecular flexibility index (Phi) is 8.52. The van der Waals surface area contributed by atoms with Gasteiger partial charge in [-0.25, -0.2) is 0 Å². The van der Waals surface area contributed by atoms with E-state index in [2.05, 4.69) is 15.5 Å². The molecule has 4 rings (SSSR count). The Hall–Kier alpha value is -4.18. The second kappa shape index (κ2) is 12.2. The van der Waals surface area contributed by atoms with Gasteiger partial charge < -0.3 is 24.3 Å². The summed E-state index contributed by atoms with van der Waals surface area (Å²) in [6.45, 7) is 1.91. The number of methoxy groups -OCH3 is 3. The minimum absolute atomic E-state index is 0.119. The highest BCUT2D eigenvalue weighted by Crippen LogP contribution is 2.31. The number of aromatic nitrogens is 3. The van der Waals surface area contributed by atoms with Gasteiger partial charge in [-0.1, -0.05) is 30.0 Å². The van der Waals surface area contributed by atoms with Gasteiger partial charge in [-0.2, -0.15) is 0 Å². The molecule has 4 aromatic rings. The van der Waals surface area contributed by atoms with Crippen molar-refractivity contribution in [3.8, 4) is 28.7 Å². The van der Waals surface area contributed by atoms with Crippen LogP contribution in [-0.4, -0.2) is 47.8 Å². The first-order chi connectivity index (χ1) is 18.0. The summed E-state index contributed by atoms with van der Waals surface area (Å²) in [5.74, 6) is 3.10. The number of anilines is 1. The van der Waals surface area contributed by atoms with Gasteiger partial charge in [0.2, 0.25) is 5.91 Å². The summed E-state index contributed by atoms with van der Waals surface area (Å²) in [4.78, 5) is 12.8. The molecule has 10 heteroatoms. The zero-order valence-corrected chi connectivity index (χ0v) is 21.8. The topological polar surface area (TPSA) is 96.7 Å². The van der Waals surface area contributed by atoms with Gasteiger partial charge in [-0.3, -0.25) is 9.36 Å². The minimum Gasteiger partial charge on any atom is -0.497 e. The number of thioether (sulfide) groups is 1. The fraction of sp³-hybridized carbons (Fsp3) is 0.222. The molecule has 1 N–H and O–H groups in total. The van der Waals surface area contributed by atoms with E-state index < -0.39 is 6.10 Å². The van der Waals surface area contributed by atoms with E-state index in [4.69, 9.17) is 18.9 Å². The standard InChI is InChI=1S/C27H28N4O5S/c1-18(36-21-12-10-20(33-2)11-13-21)26-29-30-27(31(26)19-8-6-5-7-9-19)37-17-25(32)28-23-15-14-22(34-3)16-24(23)35-4/h5-16,18H,17H2,1-4H3,(H,28,32). The average Bonchev–Trinajstić information content (AvgIpc) is 3.37. The van der Waals surface area contributed by atoms with Gasteiger partial charge in [0, 0.05) is 11.8 Å². The molecule has 1 unspecified atom stereocenters. The van der Waals surface area contributed by atoms with E-state index in [1.54, 1.807) is 32.4 Å². The van der Waals surface area contributed by atoms with Gasteiger partial charge in [0.05, 0.1) is 32.8 Å². The Bertz CT molecular complexity index is 1330. The van der Waals surface area contributed by atoms with E-state index in [1.807, 2.05) is 66.1 Å². The molecule has 3 aromatic carbocycles. The number of hydrogen-bond acceptors (Lipinski definition) is 8. The van der Waals surface area contributed by atoms with Crippen molar-refractivity contribution < 1.29 is 23.7 Å². The summed E-state index contributed by atoms with van der Waals surface area (Å²) in [5, 5.41) is 12.2. The number of benzene rings is 3. The quantitative estimate of drug-likeness (QED) is 0.271. The molecule has 0 aliphatic rings. The van der Waals surface area contributed by atoms with Crippen LogP contribution in [0.4, 0.5) is 5.69 Å². The molecule has 1 heterocycles. The summed E-state index contributed by atoms with van der Waals surface area (Å²) in [7, 11) is 4.73. The minimum atomic E-state index is -0.409. The summed E-state index contributed by atoms with van der Waals surface area (Å²) >= 11 is 1.28. The molecule has 0 fully saturated rings. The Morgan fingerprint density at radius 1 is 0.892 bits per heavy atom. The normalized spacial score (nSPS) is 11.5. The van der Waals surface area contributed by atoms with Crippen LogP contribution in [0.3, 0.4) is 0 Å². The number of carbonyl (C=O) groups is 1. The molecule has 0 saturated carbocycles. The molecule has 0 spiro atoms. The molecule has 37 heavy (non-hydrogen) atoms.